The Hall–Kier alpha value is -2.43. The molecule has 98 valence electrons. The molecule has 0 bridgehead atoms. The molecule has 1 heterocycles. The highest BCUT2D eigenvalue weighted by Gasteiger charge is 2.11. The summed E-state index contributed by atoms with van der Waals surface area (Å²) in [4.78, 5) is 14.4. The Balaban J connectivity index is 1.93. The molecule has 5 heteroatoms. The van der Waals surface area contributed by atoms with E-state index in [2.05, 4.69) is 22.4 Å². The van der Waals surface area contributed by atoms with Gasteiger partial charge in [0.2, 0.25) is 0 Å². The lowest BCUT2D eigenvalue weighted by Gasteiger charge is -2.06. The number of nitrogens with one attached hydrogen (secondary N) is 1. The minimum absolute atomic E-state index is 0.0496. The highest BCUT2D eigenvalue weighted by Crippen LogP contribution is 2.17. The number of benzene rings is 1. The third kappa shape index (κ3) is 3.51. The molecule has 0 aliphatic carbocycles. The molecule has 2 rings (SSSR count). The first-order valence-corrected chi connectivity index (χ1v) is 6.06. The van der Waals surface area contributed by atoms with E-state index in [1.165, 1.54) is 11.6 Å². The zero-order valence-corrected chi connectivity index (χ0v) is 10.7. The van der Waals surface area contributed by atoms with Crippen molar-refractivity contribution in [1.82, 2.24) is 4.98 Å². The molecular formula is C14H15N3O2. The molecule has 0 atom stereocenters. The van der Waals surface area contributed by atoms with Gasteiger partial charge in [-0.2, -0.15) is 0 Å². The zero-order chi connectivity index (χ0) is 13.7. The Bertz CT molecular complexity index is 570. The molecule has 1 aromatic carbocycles. The fraction of sp³-hybridized carbons (Fsp3) is 0.214. The summed E-state index contributed by atoms with van der Waals surface area (Å²) in [6.07, 6.45) is 0.887. The predicted molar refractivity (Wildman–Crippen MR) is 74.3 cm³/mol. The van der Waals surface area contributed by atoms with Gasteiger partial charge in [-0.3, -0.25) is 10.1 Å². The van der Waals surface area contributed by atoms with Crippen molar-refractivity contribution < 1.29 is 4.92 Å². The molecule has 0 radical (unpaired) electrons. The Labute approximate surface area is 111 Å². The van der Waals surface area contributed by atoms with Crippen LogP contribution in [-0.2, 0) is 6.42 Å². The number of pyridine rings is 1. The van der Waals surface area contributed by atoms with Crippen LogP contribution in [-0.4, -0.2) is 16.5 Å². The van der Waals surface area contributed by atoms with E-state index in [4.69, 9.17) is 0 Å². The number of aromatic nitrogens is 1. The first-order chi connectivity index (χ1) is 9.16. The van der Waals surface area contributed by atoms with Crippen LogP contribution in [0.1, 0.15) is 11.3 Å². The van der Waals surface area contributed by atoms with E-state index in [0.717, 1.165) is 13.0 Å². The third-order valence-electron chi connectivity index (χ3n) is 2.82. The van der Waals surface area contributed by atoms with Crippen LogP contribution in [0.25, 0.3) is 0 Å². The van der Waals surface area contributed by atoms with E-state index < -0.39 is 4.92 Å². The zero-order valence-electron chi connectivity index (χ0n) is 10.7. The SMILES string of the molecule is Cc1nc(NCCc2ccccc2)ccc1[N+](=O)[O-]. The lowest BCUT2D eigenvalue weighted by molar-refractivity contribution is -0.385. The van der Waals surface area contributed by atoms with E-state index >= 15 is 0 Å². The van der Waals surface area contributed by atoms with Gasteiger partial charge in [0.15, 0.2) is 0 Å². The summed E-state index contributed by atoms with van der Waals surface area (Å²) in [5.74, 6) is 0.666. The maximum atomic E-state index is 10.7. The summed E-state index contributed by atoms with van der Waals surface area (Å²) in [5.41, 5.74) is 1.72. The van der Waals surface area contributed by atoms with Crippen LogP contribution in [0.15, 0.2) is 42.5 Å². The Kier molecular flexibility index (Phi) is 4.07. The summed E-state index contributed by atoms with van der Waals surface area (Å²) in [6, 6.07) is 13.2. The van der Waals surface area contributed by atoms with Crippen molar-refractivity contribution in [2.24, 2.45) is 0 Å². The second-order valence-electron chi connectivity index (χ2n) is 4.22. The first kappa shape index (κ1) is 13.0. The van der Waals surface area contributed by atoms with E-state index in [1.807, 2.05) is 18.2 Å². The number of nitrogens with zero attached hydrogens (tertiary/aromatic N) is 2. The first-order valence-electron chi connectivity index (χ1n) is 6.06. The van der Waals surface area contributed by atoms with Crippen molar-refractivity contribution in [2.75, 3.05) is 11.9 Å². The number of aryl methyl sites for hydroxylation is 1. The summed E-state index contributed by atoms with van der Waals surface area (Å²) in [6.45, 7) is 2.38. The Morgan fingerprint density at radius 2 is 1.95 bits per heavy atom. The molecule has 0 unspecified atom stereocenters. The second-order valence-corrected chi connectivity index (χ2v) is 4.22. The topological polar surface area (TPSA) is 68.1 Å². The van der Waals surface area contributed by atoms with Crippen molar-refractivity contribution in [3.05, 3.63) is 63.8 Å². The van der Waals surface area contributed by atoms with Gasteiger partial charge in [0.1, 0.15) is 11.5 Å². The predicted octanol–water partition coefficient (Wildman–Crippen LogP) is 2.95. The van der Waals surface area contributed by atoms with Crippen molar-refractivity contribution in [1.29, 1.82) is 0 Å². The minimum Gasteiger partial charge on any atom is -0.370 e. The van der Waals surface area contributed by atoms with E-state index in [0.29, 0.717) is 11.5 Å². The van der Waals surface area contributed by atoms with Crippen molar-refractivity contribution in [2.45, 2.75) is 13.3 Å². The van der Waals surface area contributed by atoms with Gasteiger partial charge in [-0.15, -0.1) is 0 Å². The van der Waals surface area contributed by atoms with Crippen LogP contribution >= 0.6 is 0 Å². The van der Waals surface area contributed by atoms with E-state index in [-0.39, 0.29) is 5.69 Å². The van der Waals surface area contributed by atoms with Crippen LogP contribution in [0, 0.1) is 17.0 Å². The lowest BCUT2D eigenvalue weighted by atomic mass is 10.1. The van der Waals surface area contributed by atoms with Gasteiger partial charge in [-0.05, 0) is 25.0 Å². The minimum atomic E-state index is -0.421. The van der Waals surface area contributed by atoms with Gasteiger partial charge in [-0.25, -0.2) is 4.98 Å². The monoisotopic (exact) mass is 257 g/mol. The molecule has 1 aromatic heterocycles. The normalized spacial score (nSPS) is 10.2. The number of hydrogen-bond donors (Lipinski definition) is 1. The maximum Gasteiger partial charge on any atom is 0.290 e. The van der Waals surface area contributed by atoms with Crippen LogP contribution in [0.5, 0.6) is 0 Å². The van der Waals surface area contributed by atoms with Gasteiger partial charge < -0.3 is 5.32 Å². The maximum absolute atomic E-state index is 10.7. The molecule has 0 amide bonds. The summed E-state index contributed by atoms with van der Waals surface area (Å²) < 4.78 is 0. The molecular weight excluding hydrogens is 242 g/mol. The van der Waals surface area contributed by atoms with Gasteiger partial charge in [0, 0.05) is 12.6 Å². The molecule has 1 N–H and O–H groups in total. The van der Waals surface area contributed by atoms with Crippen LogP contribution < -0.4 is 5.32 Å². The third-order valence-corrected chi connectivity index (χ3v) is 2.82. The smallest absolute Gasteiger partial charge is 0.290 e. The van der Waals surface area contributed by atoms with E-state index in [1.54, 1.807) is 13.0 Å². The molecule has 0 fully saturated rings. The van der Waals surface area contributed by atoms with Crippen LogP contribution in [0.3, 0.4) is 0 Å². The van der Waals surface area contributed by atoms with Gasteiger partial charge in [-0.1, -0.05) is 30.3 Å². The molecule has 0 saturated carbocycles. The summed E-state index contributed by atoms with van der Waals surface area (Å²) >= 11 is 0. The molecule has 0 aliphatic rings. The summed E-state index contributed by atoms with van der Waals surface area (Å²) in [7, 11) is 0. The number of anilines is 1. The number of nitro groups is 1. The van der Waals surface area contributed by atoms with E-state index in [9.17, 15) is 10.1 Å². The molecule has 19 heavy (non-hydrogen) atoms. The largest absolute Gasteiger partial charge is 0.370 e. The van der Waals surface area contributed by atoms with Crippen molar-refractivity contribution >= 4 is 11.5 Å². The second kappa shape index (κ2) is 5.95. The van der Waals surface area contributed by atoms with Gasteiger partial charge >= 0.3 is 0 Å². The van der Waals surface area contributed by atoms with Crippen molar-refractivity contribution in [3.8, 4) is 0 Å². The highest BCUT2D eigenvalue weighted by atomic mass is 16.6. The average molecular weight is 257 g/mol. The lowest BCUT2D eigenvalue weighted by Crippen LogP contribution is -2.07. The quantitative estimate of drug-likeness (QED) is 0.660. The summed E-state index contributed by atoms with van der Waals surface area (Å²) in [5, 5.41) is 13.8. The van der Waals surface area contributed by atoms with Crippen LogP contribution in [0.2, 0.25) is 0 Å². The van der Waals surface area contributed by atoms with Crippen molar-refractivity contribution in [3.63, 3.8) is 0 Å². The molecule has 5 nitrogen and oxygen atoms in total. The van der Waals surface area contributed by atoms with Gasteiger partial charge in [0.25, 0.3) is 5.69 Å². The highest BCUT2D eigenvalue weighted by molar-refractivity contribution is 5.44. The fourth-order valence-corrected chi connectivity index (χ4v) is 1.82. The molecule has 2 aromatic rings. The standard InChI is InChI=1S/C14H15N3O2/c1-11-13(17(18)19)7-8-14(16-11)15-10-9-12-5-3-2-4-6-12/h2-8H,9-10H2,1H3,(H,15,16). The average Bonchev–Trinajstić information content (AvgIpc) is 2.39. The number of hydrogen-bond acceptors (Lipinski definition) is 4. The number of rotatable bonds is 5. The Morgan fingerprint density at radius 1 is 1.21 bits per heavy atom. The Morgan fingerprint density at radius 3 is 2.58 bits per heavy atom. The molecule has 0 spiro atoms. The molecule has 0 aliphatic heterocycles. The van der Waals surface area contributed by atoms with Gasteiger partial charge in [0.05, 0.1) is 4.92 Å². The van der Waals surface area contributed by atoms with Crippen LogP contribution in [0.4, 0.5) is 11.5 Å². The fourth-order valence-electron chi connectivity index (χ4n) is 1.82. The molecule has 0 saturated heterocycles.